The maximum atomic E-state index is 4.31. The molecule has 1 unspecified atom stereocenters. The summed E-state index contributed by atoms with van der Waals surface area (Å²) in [6.07, 6.45) is 5.37. The fraction of sp³-hybridized carbons (Fsp3) is 0.462. The second-order valence-corrected chi connectivity index (χ2v) is 4.78. The van der Waals surface area contributed by atoms with Crippen molar-refractivity contribution in [1.29, 1.82) is 0 Å². The summed E-state index contributed by atoms with van der Waals surface area (Å²) in [5, 5.41) is 7.58. The van der Waals surface area contributed by atoms with E-state index in [9.17, 15) is 0 Å². The quantitative estimate of drug-likeness (QED) is 0.861. The van der Waals surface area contributed by atoms with E-state index in [-0.39, 0.29) is 0 Å². The van der Waals surface area contributed by atoms with Crippen molar-refractivity contribution in [2.75, 3.05) is 19.6 Å². The summed E-state index contributed by atoms with van der Waals surface area (Å²) in [5.74, 6) is 0.996. The minimum atomic E-state index is 0.346. The summed E-state index contributed by atoms with van der Waals surface area (Å²) in [6, 6.07) is 4.47. The van der Waals surface area contributed by atoms with Gasteiger partial charge in [0.05, 0.1) is 6.54 Å². The zero-order chi connectivity index (χ0) is 13.1. The fourth-order valence-electron chi connectivity index (χ4n) is 2.48. The first-order chi connectivity index (χ1) is 9.34. The Labute approximate surface area is 112 Å². The first-order valence-electron chi connectivity index (χ1n) is 6.52. The normalized spacial score (nSPS) is 20.6. The second kappa shape index (κ2) is 5.46. The third kappa shape index (κ3) is 2.64. The predicted octanol–water partition coefficient (Wildman–Crippen LogP) is 0.357. The predicted molar refractivity (Wildman–Crippen MR) is 71.3 cm³/mol. The minimum absolute atomic E-state index is 0.346. The van der Waals surface area contributed by atoms with Gasteiger partial charge in [-0.15, -0.1) is 0 Å². The molecule has 0 saturated carbocycles. The minimum Gasteiger partial charge on any atom is -0.314 e. The van der Waals surface area contributed by atoms with E-state index in [0.29, 0.717) is 6.04 Å². The van der Waals surface area contributed by atoms with Gasteiger partial charge in [-0.05, 0) is 11.6 Å². The molecule has 2 aromatic heterocycles. The Morgan fingerprint density at radius 3 is 3.16 bits per heavy atom. The monoisotopic (exact) mass is 258 g/mol. The van der Waals surface area contributed by atoms with Crippen molar-refractivity contribution in [2.24, 2.45) is 7.05 Å². The smallest absolute Gasteiger partial charge is 0.140 e. The van der Waals surface area contributed by atoms with Gasteiger partial charge >= 0.3 is 0 Å². The molecule has 1 aliphatic heterocycles. The lowest BCUT2D eigenvalue weighted by molar-refractivity contribution is 0.148. The van der Waals surface area contributed by atoms with E-state index in [4.69, 9.17) is 0 Å². The Morgan fingerprint density at radius 1 is 1.47 bits per heavy atom. The lowest BCUT2D eigenvalue weighted by Gasteiger charge is -2.35. The van der Waals surface area contributed by atoms with Crippen molar-refractivity contribution < 1.29 is 0 Å². The number of hydrogen-bond acceptors (Lipinski definition) is 5. The summed E-state index contributed by atoms with van der Waals surface area (Å²) in [6.45, 7) is 3.78. The molecule has 1 fully saturated rings. The number of nitrogens with zero attached hydrogens (tertiary/aromatic N) is 5. The van der Waals surface area contributed by atoms with Gasteiger partial charge in [-0.1, -0.05) is 6.07 Å². The van der Waals surface area contributed by atoms with Crippen molar-refractivity contribution in [3.05, 3.63) is 42.2 Å². The van der Waals surface area contributed by atoms with Crippen LogP contribution in [0, 0.1) is 0 Å². The summed E-state index contributed by atoms with van der Waals surface area (Å²) in [4.78, 5) is 11.0. The van der Waals surface area contributed by atoms with E-state index >= 15 is 0 Å². The highest BCUT2D eigenvalue weighted by molar-refractivity contribution is 5.15. The van der Waals surface area contributed by atoms with Crippen molar-refractivity contribution in [2.45, 2.75) is 12.6 Å². The number of pyridine rings is 1. The van der Waals surface area contributed by atoms with Crippen LogP contribution in [0.4, 0.5) is 0 Å². The average Bonchev–Trinajstić information content (AvgIpc) is 2.86. The zero-order valence-corrected chi connectivity index (χ0v) is 11.0. The molecule has 6 nitrogen and oxygen atoms in total. The molecule has 0 radical (unpaired) electrons. The molecule has 0 aliphatic carbocycles. The second-order valence-electron chi connectivity index (χ2n) is 4.78. The zero-order valence-electron chi connectivity index (χ0n) is 11.0. The van der Waals surface area contributed by atoms with E-state index in [1.807, 2.05) is 30.2 Å². The Morgan fingerprint density at radius 2 is 2.42 bits per heavy atom. The van der Waals surface area contributed by atoms with E-state index in [1.165, 1.54) is 5.56 Å². The van der Waals surface area contributed by atoms with Gasteiger partial charge in [0.1, 0.15) is 12.2 Å². The fourth-order valence-corrected chi connectivity index (χ4v) is 2.48. The third-order valence-electron chi connectivity index (χ3n) is 3.57. The molecular formula is C13H18N6. The standard InChI is InChI=1S/C13H18N6/c1-18-13(16-10-17-18)9-19-6-5-15-8-12(19)11-3-2-4-14-7-11/h2-4,7,10,12,15H,5-6,8-9H2,1H3. The van der Waals surface area contributed by atoms with Gasteiger partial charge < -0.3 is 5.32 Å². The Bertz CT molecular complexity index is 523. The van der Waals surface area contributed by atoms with Gasteiger partial charge in [-0.3, -0.25) is 14.6 Å². The number of aromatic nitrogens is 4. The highest BCUT2D eigenvalue weighted by Gasteiger charge is 2.24. The number of aryl methyl sites for hydroxylation is 1. The van der Waals surface area contributed by atoms with Crippen molar-refractivity contribution in [3.8, 4) is 0 Å². The van der Waals surface area contributed by atoms with E-state index in [1.54, 1.807) is 6.33 Å². The van der Waals surface area contributed by atoms with E-state index < -0.39 is 0 Å². The van der Waals surface area contributed by atoms with Gasteiger partial charge in [0, 0.05) is 45.1 Å². The molecule has 1 aliphatic rings. The van der Waals surface area contributed by atoms with Crippen LogP contribution in [0.25, 0.3) is 0 Å². The number of piperazine rings is 1. The Kier molecular flexibility index (Phi) is 3.52. The largest absolute Gasteiger partial charge is 0.314 e. The van der Waals surface area contributed by atoms with Crippen LogP contribution in [0.15, 0.2) is 30.9 Å². The van der Waals surface area contributed by atoms with Crippen LogP contribution in [-0.4, -0.2) is 44.3 Å². The van der Waals surface area contributed by atoms with E-state index in [2.05, 4.69) is 31.3 Å². The summed E-state index contributed by atoms with van der Waals surface area (Å²) in [5.41, 5.74) is 1.25. The van der Waals surface area contributed by atoms with Crippen molar-refractivity contribution in [1.82, 2.24) is 30.0 Å². The topological polar surface area (TPSA) is 58.9 Å². The first kappa shape index (κ1) is 12.3. The molecule has 2 aromatic rings. The van der Waals surface area contributed by atoms with Crippen LogP contribution in [0.2, 0.25) is 0 Å². The van der Waals surface area contributed by atoms with Crippen molar-refractivity contribution >= 4 is 0 Å². The van der Waals surface area contributed by atoms with Gasteiger partial charge in [-0.25, -0.2) is 4.98 Å². The molecule has 0 amide bonds. The maximum Gasteiger partial charge on any atom is 0.140 e. The first-order valence-corrected chi connectivity index (χ1v) is 6.52. The molecular weight excluding hydrogens is 240 g/mol. The van der Waals surface area contributed by atoms with Crippen molar-refractivity contribution in [3.63, 3.8) is 0 Å². The molecule has 3 heterocycles. The van der Waals surface area contributed by atoms with Crippen LogP contribution in [0.3, 0.4) is 0 Å². The Balaban J connectivity index is 1.80. The molecule has 0 aromatic carbocycles. The number of rotatable bonds is 3. The highest BCUT2D eigenvalue weighted by Crippen LogP contribution is 2.22. The molecule has 100 valence electrons. The average molecular weight is 258 g/mol. The Hall–Kier alpha value is -1.79. The molecule has 0 bridgehead atoms. The molecule has 19 heavy (non-hydrogen) atoms. The molecule has 1 N–H and O–H groups in total. The summed E-state index contributed by atoms with van der Waals surface area (Å²) < 4.78 is 1.84. The van der Waals surface area contributed by atoms with Crippen LogP contribution in [0.5, 0.6) is 0 Å². The maximum absolute atomic E-state index is 4.31. The van der Waals surface area contributed by atoms with Gasteiger partial charge in [0.2, 0.25) is 0 Å². The van der Waals surface area contributed by atoms with E-state index in [0.717, 1.165) is 32.0 Å². The molecule has 6 heteroatoms. The third-order valence-corrected chi connectivity index (χ3v) is 3.57. The van der Waals surface area contributed by atoms with Crippen LogP contribution < -0.4 is 5.32 Å². The molecule has 0 spiro atoms. The molecule has 3 rings (SSSR count). The van der Waals surface area contributed by atoms with Gasteiger partial charge in [0.15, 0.2) is 0 Å². The summed E-state index contributed by atoms with van der Waals surface area (Å²) >= 11 is 0. The molecule has 1 atom stereocenters. The van der Waals surface area contributed by atoms with Crippen LogP contribution >= 0.6 is 0 Å². The van der Waals surface area contributed by atoms with Gasteiger partial charge in [-0.2, -0.15) is 5.10 Å². The van der Waals surface area contributed by atoms with Gasteiger partial charge in [0.25, 0.3) is 0 Å². The number of nitrogens with one attached hydrogen (secondary N) is 1. The SMILES string of the molecule is Cn1ncnc1CN1CCNCC1c1cccnc1. The lowest BCUT2D eigenvalue weighted by atomic mass is 10.1. The van der Waals surface area contributed by atoms with Crippen LogP contribution in [-0.2, 0) is 13.6 Å². The molecule has 1 saturated heterocycles. The number of hydrogen-bond donors (Lipinski definition) is 1. The van der Waals surface area contributed by atoms with Crippen LogP contribution in [0.1, 0.15) is 17.4 Å². The summed E-state index contributed by atoms with van der Waals surface area (Å²) in [7, 11) is 1.93. The lowest BCUT2D eigenvalue weighted by Crippen LogP contribution is -2.45. The highest BCUT2D eigenvalue weighted by atomic mass is 15.3.